The molecular weight excluding hydrogens is 383 g/mol. The largest absolute Gasteiger partial charge is 0.493 e. The van der Waals surface area contributed by atoms with E-state index in [1.54, 1.807) is 7.11 Å². The van der Waals surface area contributed by atoms with Gasteiger partial charge in [0.05, 0.1) is 12.1 Å². The molecule has 0 saturated heterocycles. The lowest BCUT2D eigenvalue weighted by molar-refractivity contribution is 0.284. The van der Waals surface area contributed by atoms with Crippen molar-refractivity contribution in [1.82, 2.24) is 5.43 Å². The average molecular weight is 403 g/mol. The summed E-state index contributed by atoms with van der Waals surface area (Å²) in [5.74, 6) is 1.07. The van der Waals surface area contributed by atoms with Crippen molar-refractivity contribution in [2.45, 2.75) is 13.2 Å². The maximum absolute atomic E-state index is 6.43. The van der Waals surface area contributed by atoms with E-state index in [2.05, 4.69) is 10.9 Å². The number of rotatable bonds is 8. The second kappa shape index (κ2) is 9.51. The van der Waals surface area contributed by atoms with Crippen molar-refractivity contribution in [3.05, 3.63) is 87.9 Å². The Kier molecular flexibility index (Phi) is 6.82. The third-order valence-corrected chi connectivity index (χ3v) is 4.57. The lowest BCUT2D eigenvalue weighted by atomic mass is 10.2. The second-order valence-electron chi connectivity index (χ2n) is 5.83. The van der Waals surface area contributed by atoms with Crippen LogP contribution in [0.1, 0.15) is 11.1 Å². The maximum atomic E-state index is 6.43. The van der Waals surface area contributed by atoms with Crippen LogP contribution in [0.5, 0.6) is 11.5 Å². The van der Waals surface area contributed by atoms with Crippen molar-refractivity contribution in [3.63, 3.8) is 0 Å². The Morgan fingerprint density at radius 3 is 2.37 bits per heavy atom. The number of hydrazine groups is 1. The molecule has 3 rings (SSSR count). The summed E-state index contributed by atoms with van der Waals surface area (Å²) in [6, 6.07) is 21.1. The van der Waals surface area contributed by atoms with Crippen molar-refractivity contribution in [1.29, 1.82) is 0 Å². The molecule has 0 bridgehead atoms. The van der Waals surface area contributed by atoms with E-state index in [1.807, 2.05) is 66.7 Å². The van der Waals surface area contributed by atoms with E-state index in [9.17, 15) is 0 Å². The molecule has 4 nitrogen and oxygen atoms in total. The van der Waals surface area contributed by atoms with Gasteiger partial charge in [-0.15, -0.1) is 0 Å². The summed E-state index contributed by atoms with van der Waals surface area (Å²) in [5.41, 5.74) is 9.13. The molecule has 0 unspecified atom stereocenters. The molecule has 6 heteroatoms. The number of hydrogen-bond donors (Lipinski definition) is 2. The quantitative estimate of drug-likeness (QED) is 0.474. The van der Waals surface area contributed by atoms with Gasteiger partial charge in [-0.1, -0.05) is 59.6 Å². The molecule has 0 saturated carbocycles. The fraction of sp³-hybridized carbons (Fsp3) is 0.143. The number of benzene rings is 3. The Hall–Kier alpha value is -2.40. The average Bonchev–Trinajstić information content (AvgIpc) is 2.69. The number of anilines is 1. The molecule has 0 heterocycles. The Bertz CT molecular complexity index is 889. The molecule has 3 aromatic carbocycles. The van der Waals surface area contributed by atoms with Crippen molar-refractivity contribution in [3.8, 4) is 11.5 Å². The smallest absolute Gasteiger partial charge is 0.180 e. The van der Waals surface area contributed by atoms with Crippen LogP contribution in [0.2, 0.25) is 10.0 Å². The monoisotopic (exact) mass is 402 g/mol. The summed E-state index contributed by atoms with van der Waals surface area (Å²) < 4.78 is 11.3. The predicted octanol–water partition coefficient (Wildman–Crippen LogP) is 5.70. The van der Waals surface area contributed by atoms with Crippen LogP contribution in [0, 0.1) is 0 Å². The summed E-state index contributed by atoms with van der Waals surface area (Å²) >= 11 is 12.6. The minimum Gasteiger partial charge on any atom is -0.493 e. The zero-order chi connectivity index (χ0) is 19.1. The summed E-state index contributed by atoms with van der Waals surface area (Å²) in [4.78, 5) is 0. The highest BCUT2D eigenvalue weighted by atomic mass is 35.5. The fourth-order valence-corrected chi connectivity index (χ4v) is 3.03. The molecule has 27 heavy (non-hydrogen) atoms. The van der Waals surface area contributed by atoms with E-state index < -0.39 is 0 Å². The Balaban J connectivity index is 1.66. The molecule has 0 radical (unpaired) electrons. The van der Waals surface area contributed by atoms with E-state index >= 15 is 0 Å². The first-order valence-electron chi connectivity index (χ1n) is 8.44. The summed E-state index contributed by atoms with van der Waals surface area (Å²) in [7, 11) is 1.59. The molecule has 0 atom stereocenters. The van der Waals surface area contributed by atoms with Gasteiger partial charge in [0.15, 0.2) is 11.5 Å². The van der Waals surface area contributed by atoms with Gasteiger partial charge in [-0.2, -0.15) is 0 Å². The van der Waals surface area contributed by atoms with Crippen LogP contribution in [-0.2, 0) is 13.2 Å². The van der Waals surface area contributed by atoms with E-state index in [1.165, 1.54) is 0 Å². The zero-order valence-corrected chi connectivity index (χ0v) is 16.3. The van der Waals surface area contributed by atoms with E-state index in [0.29, 0.717) is 34.7 Å². The topological polar surface area (TPSA) is 42.5 Å². The van der Waals surface area contributed by atoms with Crippen LogP contribution in [0.4, 0.5) is 5.69 Å². The fourth-order valence-electron chi connectivity index (χ4n) is 2.55. The van der Waals surface area contributed by atoms with Gasteiger partial charge in [-0.05, 0) is 35.9 Å². The Labute approximate surface area is 169 Å². The molecule has 0 aromatic heterocycles. The lowest BCUT2D eigenvalue weighted by Crippen LogP contribution is -2.20. The number of methoxy groups -OCH3 is 1. The van der Waals surface area contributed by atoms with Crippen LogP contribution in [-0.4, -0.2) is 7.11 Å². The van der Waals surface area contributed by atoms with Crippen molar-refractivity contribution < 1.29 is 9.47 Å². The predicted molar refractivity (Wildman–Crippen MR) is 111 cm³/mol. The van der Waals surface area contributed by atoms with Crippen LogP contribution >= 0.6 is 23.2 Å². The van der Waals surface area contributed by atoms with Crippen LogP contribution < -0.4 is 20.3 Å². The maximum Gasteiger partial charge on any atom is 0.180 e. The lowest BCUT2D eigenvalue weighted by Gasteiger charge is -2.15. The second-order valence-corrected chi connectivity index (χ2v) is 6.65. The highest BCUT2D eigenvalue weighted by Crippen LogP contribution is 2.37. The normalized spacial score (nSPS) is 10.5. The summed E-state index contributed by atoms with van der Waals surface area (Å²) in [6.07, 6.45) is 0. The first kappa shape index (κ1) is 19.4. The summed E-state index contributed by atoms with van der Waals surface area (Å²) in [6.45, 7) is 0.874. The van der Waals surface area contributed by atoms with Gasteiger partial charge in [0, 0.05) is 22.8 Å². The van der Waals surface area contributed by atoms with Gasteiger partial charge < -0.3 is 14.9 Å². The molecule has 0 spiro atoms. The van der Waals surface area contributed by atoms with Crippen LogP contribution in [0.3, 0.4) is 0 Å². The molecule has 0 fully saturated rings. The van der Waals surface area contributed by atoms with Gasteiger partial charge in [0.25, 0.3) is 0 Å². The number of hydrogen-bond acceptors (Lipinski definition) is 4. The van der Waals surface area contributed by atoms with E-state index in [-0.39, 0.29) is 0 Å². The van der Waals surface area contributed by atoms with E-state index in [0.717, 1.165) is 16.8 Å². The number of halogens is 2. The molecule has 3 aromatic rings. The number of nitrogens with one attached hydrogen (secondary N) is 2. The third kappa shape index (κ3) is 5.30. The van der Waals surface area contributed by atoms with Gasteiger partial charge in [-0.25, -0.2) is 5.43 Å². The van der Waals surface area contributed by atoms with Crippen molar-refractivity contribution in [2.75, 3.05) is 12.5 Å². The van der Waals surface area contributed by atoms with Gasteiger partial charge in [-0.3, -0.25) is 0 Å². The summed E-state index contributed by atoms with van der Waals surface area (Å²) in [5, 5.41) is 1.14. The van der Waals surface area contributed by atoms with Gasteiger partial charge in [0.2, 0.25) is 0 Å². The first-order valence-corrected chi connectivity index (χ1v) is 9.19. The van der Waals surface area contributed by atoms with Crippen LogP contribution in [0.25, 0.3) is 0 Å². The Morgan fingerprint density at radius 2 is 1.63 bits per heavy atom. The number of para-hydroxylation sites is 1. The highest BCUT2D eigenvalue weighted by molar-refractivity contribution is 6.32. The molecular formula is C21H20Cl2N2O2. The van der Waals surface area contributed by atoms with Gasteiger partial charge >= 0.3 is 0 Å². The molecule has 0 aliphatic carbocycles. The van der Waals surface area contributed by atoms with Crippen LogP contribution in [0.15, 0.2) is 66.7 Å². The minimum atomic E-state index is 0.308. The number of ether oxygens (including phenoxy) is 2. The van der Waals surface area contributed by atoms with Crippen molar-refractivity contribution >= 4 is 28.9 Å². The SMILES string of the molecule is COc1cc(CNNc2ccccc2)cc(Cl)c1OCc1ccccc1Cl. The Morgan fingerprint density at radius 1 is 0.889 bits per heavy atom. The minimum absolute atomic E-state index is 0.308. The zero-order valence-electron chi connectivity index (χ0n) is 14.8. The molecule has 0 aliphatic heterocycles. The molecule has 0 aliphatic rings. The third-order valence-electron chi connectivity index (χ3n) is 3.92. The molecule has 2 N–H and O–H groups in total. The first-order chi connectivity index (χ1) is 13.2. The molecule has 140 valence electrons. The standard InChI is InChI=1S/C21H20Cl2N2O2/c1-26-20-12-15(13-24-25-17-8-3-2-4-9-17)11-19(23)21(20)27-14-16-7-5-6-10-18(16)22/h2-12,24-25H,13-14H2,1H3. The van der Waals surface area contributed by atoms with Crippen molar-refractivity contribution in [2.24, 2.45) is 0 Å². The molecule has 0 amide bonds. The van der Waals surface area contributed by atoms with E-state index in [4.69, 9.17) is 32.7 Å². The van der Waals surface area contributed by atoms with Gasteiger partial charge in [0.1, 0.15) is 6.61 Å². The highest BCUT2D eigenvalue weighted by Gasteiger charge is 2.13.